The molecule has 0 bridgehead atoms. The number of hydrogen-bond donors (Lipinski definition) is 2. The van der Waals surface area contributed by atoms with Crippen molar-refractivity contribution in [3.63, 3.8) is 0 Å². The Labute approximate surface area is 139 Å². The third-order valence-electron chi connectivity index (χ3n) is 3.94. The van der Waals surface area contributed by atoms with Gasteiger partial charge in [0.05, 0.1) is 31.4 Å². The molecule has 1 aromatic carbocycles. The Hall–Kier alpha value is -1.64. The van der Waals surface area contributed by atoms with Crippen LogP contribution in [0.2, 0.25) is 0 Å². The fourth-order valence-electron chi connectivity index (χ4n) is 2.67. The zero-order chi connectivity index (χ0) is 17.6. The SMILES string of the molecule is CNCC(=O)NCC(c1ccc(C(F)(F)F)cc1)N1CCOCC1. The van der Waals surface area contributed by atoms with Crippen molar-refractivity contribution in [2.75, 3.05) is 46.4 Å². The van der Waals surface area contributed by atoms with Crippen LogP contribution < -0.4 is 10.6 Å². The number of nitrogens with one attached hydrogen (secondary N) is 2. The van der Waals surface area contributed by atoms with Crippen molar-refractivity contribution in [3.05, 3.63) is 35.4 Å². The van der Waals surface area contributed by atoms with Crippen molar-refractivity contribution in [2.45, 2.75) is 12.2 Å². The van der Waals surface area contributed by atoms with Crippen LogP contribution in [0.4, 0.5) is 13.2 Å². The summed E-state index contributed by atoms with van der Waals surface area (Å²) in [6.07, 6.45) is -4.35. The summed E-state index contributed by atoms with van der Waals surface area (Å²) in [6.45, 7) is 3.03. The summed E-state index contributed by atoms with van der Waals surface area (Å²) in [5.74, 6) is -0.150. The highest BCUT2D eigenvalue weighted by Crippen LogP contribution is 2.31. The normalized spacial score (nSPS) is 17.5. The second kappa shape index (κ2) is 8.46. The van der Waals surface area contributed by atoms with Crippen LogP contribution in [0.5, 0.6) is 0 Å². The maximum absolute atomic E-state index is 12.7. The lowest BCUT2D eigenvalue weighted by atomic mass is 10.0. The van der Waals surface area contributed by atoms with Gasteiger partial charge in [0, 0.05) is 19.6 Å². The number of amides is 1. The van der Waals surface area contributed by atoms with E-state index in [1.807, 2.05) is 0 Å². The number of ether oxygens (including phenoxy) is 1. The zero-order valence-corrected chi connectivity index (χ0v) is 13.5. The lowest BCUT2D eigenvalue weighted by molar-refractivity contribution is -0.137. The Kier molecular flexibility index (Phi) is 6.59. The van der Waals surface area contributed by atoms with Crippen LogP contribution in [-0.2, 0) is 15.7 Å². The maximum Gasteiger partial charge on any atom is 0.416 e. The van der Waals surface area contributed by atoms with E-state index < -0.39 is 11.7 Å². The van der Waals surface area contributed by atoms with Gasteiger partial charge < -0.3 is 15.4 Å². The van der Waals surface area contributed by atoms with Crippen LogP contribution in [0.15, 0.2) is 24.3 Å². The van der Waals surface area contributed by atoms with Crippen LogP contribution in [0.3, 0.4) is 0 Å². The Morgan fingerprint density at radius 3 is 2.42 bits per heavy atom. The first-order valence-electron chi connectivity index (χ1n) is 7.82. The van der Waals surface area contributed by atoms with Crippen LogP contribution >= 0.6 is 0 Å². The van der Waals surface area contributed by atoms with Crippen molar-refractivity contribution < 1.29 is 22.7 Å². The lowest BCUT2D eigenvalue weighted by Gasteiger charge is -2.35. The molecular weight excluding hydrogens is 323 g/mol. The highest BCUT2D eigenvalue weighted by molar-refractivity contribution is 5.77. The van der Waals surface area contributed by atoms with Crippen molar-refractivity contribution in [2.24, 2.45) is 0 Å². The van der Waals surface area contributed by atoms with E-state index in [-0.39, 0.29) is 18.5 Å². The van der Waals surface area contributed by atoms with Gasteiger partial charge in [-0.15, -0.1) is 0 Å². The van der Waals surface area contributed by atoms with Crippen LogP contribution in [-0.4, -0.2) is 57.2 Å². The van der Waals surface area contributed by atoms with Gasteiger partial charge in [0.1, 0.15) is 0 Å². The number of carbonyl (C=O) groups excluding carboxylic acids is 1. The summed E-state index contributed by atoms with van der Waals surface area (Å²) >= 11 is 0. The van der Waals surface area contributed by atoms with E-state index in [9.17, 15) is 18.0 Å². The molecule has 2 rings (SSSR count). The molecule has 1 fully saturated rings. The summed E-state index contributed by atoms with van der Waals surface area (Å²) in [4.78, 5) is 13.8. The Morgan fingerprint density at radius 1 is 1.25 bits per heavy atom. The molecule has 134 valence electrons. The molecule has 5 nitrogen and oxygen atoms in total. The van der Waals surface area contributed by atoms with Crippen molar-refractivity contribution in [3.8, 4) is 0 Å². The van der Waals surface area contributed by atoms with Gasteiger partial charge in [0.25, 0.3) is 0 Å². The minimum absolute atomic E-state index is 0.150. The monoisotopic (exact) mass is 345 g/mol. The van der Waals surface area contributed by atoms with Gasteiger partial charge >= 0.3 is 6.18 Å². The standard InChI is InChI=1S/C16H22F3N3O2/c1-20-11-15(23)21-10-14(22-6-8-24-9-7-22)12-2-4-13(5-3-12)16(17,18)19/h2-5,14,20H,6-11H2,1H3,(H,21,23). The fourth-order valence-corrected chi connectivity index (χ4v) is 2.67. The van der Waals surface area contributed by atoms with Crippen LogP contribution in [0, 0.1) is 0 Å². The molecule has 1 heterocycles. The van der Waals surface area contributed by atoms with E-state index in [1.54, 1.807) is 7.05 Å². The van der Waals surface area contributed by atoms with Crippen molar-refractivity contribution in [1.29, 1.82) is 0 Å². The molecule has 8 heteroatoms. The van der Waals surface area contributed by atoms with Crippen LogP contribution in [0.25, 0.3) is 0 Å². The van der Waals surface area contributed by atoms with E-state index in [2.05, 4.69) is 15.5 Å². The minimum atomic E-state index is -4.35. The van der Waals surface area contributed by atoms with E-state index in [0.29, 0.717) is 32.8 Å². The Balaban J connectivity index is 2.13. The summed E-state index contributed by atoms with van der Waals surface area (Å²) in [5.41, 5.74) is 0.0702. The maximum atomic E-state index is 12.7. The van der Waals surface area contributed by atoms with Crippen molar-refractivity contribution >= 4 is 5.91 Å². The number of likely N-dealkylation sites (N-methyl/N-ethyl adjacent to an activating group) is 1. The molecule has 2 N–H and O–H groups in total. The van der Waals surface area contributed by atoms with Gasteiger partial charge in [-0.3, -0.25) is 9.69 Å². The second-order valence-corrected chi connectivity index (χ2v) is 5.62. The third-order valence-corrected chi connectivity index (χ3v) is 3.94. The summed E-state index contributed by atoms with van der Waals surface area (Å²) in [7, 11) is 1.68. The van der Waals surface area contributed by atoms with E-state index in [4.69, 9.17) is 4.74 Å². The number of hydrogen-bond acceptors (Lipinski definition) is 4. The summed E-state index contributed by atoms with van der Waals surface area (Å²) in [5, 5.41) is 5.58. The summed E-state index contributed by atoms with van der Waals surface area (Å²) < 4.78 is 43.5. The highest BCUT2D eigenvalue weighted by Gasteiger charge is 2.31. The highest BCUT2D eigenvalue weighted by atomic mass is 19.4. The first-order valence-corrected chi connectivity index (χ1v) is 7.82. The van der Waals surface area contributed by atoms with Gasteiger partial charge in [0.2, 0.25) is 5.91 Å². The summed E-state index contributed by atoms with van der Waals surface area (Å²) in [6, 6.07) is 4.94. The van der Waals surface area contributed by atoms with Crippen molar-refractivity contribution in [1.82, 2.24) is 15.5 Å². The van der Waals surface area contributed by atoms with E-state index in [0.717, 1.165) is 17.7 Å². The van der Waals surface area contributed by atoms with Gasteiger partial charge in [-0.05, 0) is 24.7 Å². The number of morpholine rings is 1. The lowest BCUT2D eigenvalue weighted by Crippen LogP contribution is -2.44. The predicted octanol–water partition coefficient (Wildman–Crippen LogP) is 1.41. The molecule has 0 aromatic heterocycles. The molecule has 1 saturated heterocycles. The molecule has 1 aliphatic rings. The molecule has 1 aliphatic heterocycles. The number of alkyl halides is 3. The zero-order valence-electron chi connectivity index (χ0n) is 13.5. The number of nitrogens with zero attached hydrogens (tertiary/aromatic N) is 1. The average Bonchev–Trinajstić information content (AvgIpc) is 2.56. The van der Waals surface area contributed by atoms with Gasteiger partial charge in [-0.25, -0.2) is 0 Å². The molecule has 1 aromatic rings. The van der Waals surface area contributed by atoms with Gasteiger partial charge in [0.15, 0.2) is 0 Å². The predicted molar refractivity (Wildman–Crippen MR) is 83.5 cm³/mol. The number of rotatable bonds is 6. The van der Waals surface area contributed by atoms with Gasteiger partial charge in [-0.1, -0.05) is 12.1 Å². The number of halogens is 3. The number of benzene rings is 1. The molecule has 0 saturated carbocycles. The fraction of sp³-hybridized carbons (Fsp3) is 0.562. The number of carbonyl (C=O) groups is 1. The molecule has 1 unspecified atom stereocenters. The Morgan fingerprint density at radius 2 is 1.88 bits per heavy atom. The molecule has 0 spiro atoms. The topological polar surface area (TPSA) is 53.6 Å². The molecule has 0 aliphatic carbocycles. The Bertz CT molecular complexity index is 528. The van der Waals surface area contributed by atoms with E-state index >= 15 is 0 Å². The first kappa shape index (κ1) is 18.7. The van der Waals surface area contributed by atoms with Crippen LogP contribution in [0.1, 0.15) is 17.2 Å². The minimum Gasteiger partial charge on any atom is -0.379 e. The molecule has 0 radical (unpaired) electrons. The largest absolute Gasteiger partial charge is 0.416 e. The molecule has 1 atom stereocenters. The first-order chi connectivity index (χ1) is 11.4. The third kappa shape index (κ3) is 5.19. The average molecular weight is 345 g/mol. The quantitative estimate of drug-likeness (QED) is 0.819. The second-order valence-electron chi connectivity index (χ2n) is 5.62. The molecule has 1 amide bonds. The molecule has 24 heavy (non-hydrogen) atoms. The molecular formula is C16H22F3N3O2. The van der Waals surface area contributed by atoms with E-state index in [1.165, 1.54) is 12.1 Å². The van der Waals surface area contributed by atoms with Gasteiger partial charge in [-0.2, -0.15) is 13.2 Å². The smallest absolute Gasteiger partial charge is 0.379 e.